The van der Waals surface area contributed by atoms with E-state index < -0.39 is 54.0 Å². The largest absolute Gasteiger partial charge is 0.444 e. The maximum Gasteiger partial charge on any atom is 0.413 e. The van der Waals surface area contributed by atoms with E-state index in [1.165, 1.54) is 20.8 Å². The molecule has 1 aromatic rings. The number of sulfone groups is 1. The van der Waals surface area contributed by atoms with Crippen molar-refractivity contribution in [2.45, 2.75) is 57.4 Å². The molecule has 0 spiro atoms. The minimum atomic E-state index is -3.94. The zero-order valence-electron chi connectivity index (χ0n) is 17.1. The number of carbonyl (C=O) groups excluding carboxylic acids is 1. The zero-order chi connectivity index (χ0) is 22.4. The lowest BCUT2D eigenvalue weighted by atomic mass is 9.92. The van der Waals surface area contributed by atoms with Gasteiger partial charge in [-0.2, -0.15) is 0 Å². The van der Waals surface area contributed by atoms with E-state index in [2.05, 4.69) is 10.3 Å². The van der Waals surface area contributed by atoms with Gasteiger partial charge in [0.1, 0.15) is 27.5 Å². The van der Waals surface area contributed by atoms with E-state index in [1.54, 1.807) is 20.8 Å². The molecule has 1 N–H and O–H groups in total. The van der Waals surface area contributed by atoms with E-state index in [0.717, 1.165) is 18.2 Å². The Morgan fingerprint density at radius 2 is 1.90 bits per heavy atom. The van der Waals surface area contributed by atoms with E-state index in [9.17, 15) is 27.7 Å². The van der Waals surface area contributed by atoms with Crippen molar-refractivity contribution >= 4 is 27.5 Å². The monoisotopic (exact) mass is 429 g/mol. The van der Waals surface area contributed by atoms with E-state index in [-0.39, 0.29) is 11.4 Å². The van der Waals surface area contributed by atoms with Crippen molar-refractivity contribution < 1.29 is 27.3 Å². The Morgan fingerprint density at radius 3 is 2.41 bits per heavy atom. The molecule has 11 heteroatoms. The van der Waals surface area contributed by atoms with E-state index >= 15 is 0 Å². The summed E-state index contributed by atoms with van der Waals surface area (Å²) in [6, 6.07) is 2.83. The van der Waals surface area contributed by atoms with E-state index in [4.69, 9.17) is 4.74 Å². The zero-order valence-corrected chi connectivity index (χ0v) is 17.9. The number of rotatable bonds is 2. The van der Waals surface area contributed by atoms with Gasteiger partial charge < -0.3 is 4.74 Å². The number of hydrogen-bond acceptors (Lipinski definition) is 7. The smallest absolute Gasteiger partial charge is 0.413 e. The molecular weight excluding hydrogens is 405 g/mol. The molecule has 0 saturated heterocycles. The Hall–Kier alpha value is -2.56. The molecule has 1 atom stereocenters. The molecule has 1 aliphatic heterocycles. The van der Waals surface area contributed by atoms with Gasteiger partial charge in [0.15, 0.2) is 9.84 Å². The Bertz CT molecular complexity index is 997. The number of halogens is 1. The Morgan fingerprint density at radius 1 is 1.31 bits per heavy atom. The highest BCUT2D eigenvalue weighted by Crippen LogP contribution is 2.39. The first-order valence-electron chi connectivity index (χ1n) is 8.76. The summed E-state index contributed by atoms with van der Waals surface area (Å²) in [7, 11) is -3.94. The van der Waals surface area contributed by atoms with Crippen molar-refractivity contribution in [1.29, 1.82) is 0 Å². The van der Waals surface area contributed by atoms with Crippen LogP contribution in [-0.2, 0) is 20.1 Å². The third-order valence-corrected chi connectivity index (χ3v) is 7.23. The summed E-state index contributed by atoms with van der Waals surface area (Å²) in [4.78, 5) is 26.9. The maximum atomic E-state index is 14.5. The standard InChI is InChI=1S/C18H24FN3O6S/c1-16(2,3)28-15(23)20-14-17(4,5)29(26,27)10-18(6,21-14)12-9-11(22(24)25)7-8-13(12)19/h7-9H,10H2,1-6H3,(H,20,21,23). The lowest BCUT2D eigenvalue weighted by Crippen LogP contribution is -2.58. The van der Waals surface area contributed by atoms with Crippen LogP contribution >= 0.6 is 0 Å². The lowest BCUT2D eigenvalue weighted by Gasteiger charge is -2.39. The number of amides is 1. The number of nitro benzene ring substituents is 1. The number of aliphatic imine (C=N–C) groups is 1. The van der Waals surface area contributed by atoms with Gasteiger partial charge in [0, 0.05) is 17.7 Å². The van der Waals surface area contributed by atoms with Crippen LogP contribution in [-0.4, -0.2) is 41.4 Å². The van der Waals surface area contributed by atoms with Crippen LogP contribution in [0.4, 0.5) is 14.9 Å². The van der Waals surface area contributed by atoms with Crippen LogP contribution < -0.4 is 5.32 Å². The summed E-state index contributed by atoms with van der Waals surface area (Å²) in [6.07, 6.45) is -0.914. The Labute approximate surface area is 168 Å². The van der Waals surface area contributed by atoms with Crippen LogP contribution in [0.5, 0.6) is 0 Å². The van der Waals surface area contributed by atoms with Crippen molar-refractivity contribution in [2.75, 3.05) is 5.75 Å². The predicted octanol–water partition coefficient (Wildman–Crippen LogP) is 3.08. The second-order valence-electron chi connectivity index (χ2n) is 8.55. The third kappa shape index (κ3) is 4.55. The lowest BCUT2D eigenvalue weighted by molar-refractivity contribution is -0.385. The molecule has 9 nitrogen and oxygen atoms in total. The number of nitro groups is 1. The molecule has 0 aliphatic carbocycles. The van der Waals surface area contributed by atoms with E-state index in [1.807, 2.05) is 0 Å². The van der Waals surface area contributed by atoms with Crippen molar-refractivity contribution in [1.82, 2.24) is 5.32 Å². The van der Waals surface area contributed by atoms with Gasteiger partial charge in [-0.1, -0.05) is 0 Å². The average molecular weight is 429 g/mol. The summed E-state index contributed by atoms with van der Waals surface area (Å²) < 4.78 is 44.0. The summed E-state index contributed by atoms with van der Waals surface area (Å²) in [5.74, 6) is -1.66. The summed E-state index contributed by atoms with van der Waals surface area (Å²) >= 11 is 0. The molecule has 1 heterocycles. The summed E-state index contributed by atoms with van der Waals surface area (Å²) in [5.41, 5.74) is -3.18. The predicted molar refractivity (Wildman–Crippen MR) is 105 cm³/mol. The Kier molecular flexibility index (Phi) is 5.52. The molecule has 1 aromatic carbocycles. The molecule has 0 aromatic heterocycles. The molecular formula is C18H24FN3O6S. The van der Waals surface area contributed by atoms with Crippen molar-refractivity contribution in [3.05, 3.63) is 39.7 Å². The quantitative estimate of drug-likeness (QED) is 0.568. The number of hydrogen-bond donors (Lipinski definition) is 1. The van der Waals surface area contributed by atoms with Gasteiger partial charge in [-0.25, -0.2) is 17.6 Å². The van der Waals surface area contributed by atoms with Gasteiger partial charge in [-0.05, 0) is 47.6 Å². The third-order valence-electron chi connectivity index (χ3n) is 4.54. The fourth-order valence-corrected chi connectivity index (χ4v) is 4.58. The number of ether oxygens (including phenoxy) is 1. The van der Waals surface area contributed by atoms with Crippen LogP contribution in [0.2, 0.25) is 0 Å². The van der Waals surface area contributed by atoms with Gasteiger partial charge >= 0.3 is 6.09 Å². The van der Waals surface area contributed by atoms with Gasteiger partial charge in [0.2, 0.25) is 0 Å². The number of benzene rings is 1. The molecule has 0 fully saturated rings. The van der Waals surface area contributed by atoms with Crippen LogP contribution in [0.1, 0.15) is 47.1 Å². The van der Waals surface area contributed by atoms with Gasteiger partial charge in [-0.3, -0.25) is 20.4 Å². The van der Waals surface area contributed by atoms with E-state index in [0.29, 0.717) is 0 Å². The molecule has 29 heavy (non-hydrogen) atoms. The van der Waals surface area contributed by atoms with Gasteiger partial charge in [0.05, 0.1) is 10.7 Å². The average Bonchev–Trinajstić information content (AvgIpc) is 2.50. The number of alkyl carbamates (subject to hydrolysis) is 1. The van der Waals surface area contributed by atoms with Gasteiger partial charge in [-0.15, -0.1) is 0 Å². The second kappa shape index (κ2) is 7.05. The molecule has 0 saturated carbocycles. The summed E-state index contributed by atoms with van der Waals surface area (Å²) in [6.45, 7) is 8.99. The Balaban J connectivity index is 2.62. The fraction of sp³-hybridized carbons (Fsp3) is 0.556. The van der Waals surface area contributed by atoms with Crippen LogP contribution in [0.25, 0.3) is 0 Å². The summed E-state index contributed by atoms with van der Waals surface area (Å²) in [5, 5.41) is 13.4. The minimum Gasteiger partial charge on any atom is -0.444 e. The maximum absolute atomic E-state index is 14.5. The van der Waals surface area contributed by atoms with Crippen LogP contribution in [0.3, 0.4) is 0 Å². The number of nitrogens with zero attached hydrogens (tertiary/aromatic N) is 2. The normalized spacial score (nSPS) is 23.1. The van der Waals surface area contributed by atoms with Crippen molar-refractivity contribution in [3.8, 4) is 0 Å². The highest BCUT2D eigenvalue weighted by molar-refractivity contribution is 7.93. The second-order valence-corrected chi connectivity index (χ2v) is 11.1. The molecule has 2 rings (SSSR count). The molecule has 0 bridgehead atoms. The minimum absolute atomic E-state index is 0.230. The van der Waals surface area contributed by atoms with Crippen molar-refractivity contribution in [2.24, 2.45) is 4.99 Å². The highest BCUT2D eigenvalue weighted by Gasteiger charge is 2.51. The molecule has 1 aliphatic rings. The number of amidine groups is 1. The first-order valence-corrected chi connectivity index (χ1v) is 10.4. The first-order chi connectivity index (χ1) is 13.0. The fourth-order valence-electron chi connectivity index (χ4n) is 2.87. The topological polar surface area (TPSA) is 128 Å². The molecule has 0 radical (unpaired) electrons. The van der Waals surface area contributed by atoms with Gasteiger partial charge in [0.25, 0.3) is 5.69 Å². The number of non-ortho nitro benzene ring substituents is 1. The number of carbonyl (C=O) groups is 1. The van der Waals surface area contributed by atoms with Crippen molar-refractivity contribution in [3.63, 3.8) is 0 Å². The first kappa shape index (κ1) is 22.7. The van der Waals surface area contributed by atoms with Crippen LogP contribution in [0.15, 0.2) is 23.2 Å². The molecule has 1 amide bonds. The SMILES string of the molecule is CC(C)(C)OC(=O)NC1=NC(C)(c2cc([N+](=O)[O-])ccc2F)CS(=O)(=O)C1(C)C. The number of nitrogens with one attached hydrogen (secondary N) is 1. The van der Waals surface area contributed by atoms with Crippen LogP contribution in [0, 0.1) is 15.9 Å². The molecule has 1 unspecified atom stereocenters. The molecule has 160 valence electrons. The highest BCUT2D eigenvalue weighted by atomic mass is 32.2.